The highest BCUT2D eigenvalue weighted by atomic mass is 16.6. The predicted molar refractivity (Wildman–Crippen MR) is 102 cm³/mol. The normalized spacial score (nSPS) is 11.5. The van der Waals surface area contributed by atoms with Crippen LogP contribution in [0.3, 0.4) is 0 Å². The molecular weight excluding hydrogens is 346 g/mol. The van der Waals surface area contributed by atoms with Gasteiger partial charge in [0, 0.05) is 18.2 Å². The first-order valence-corrected chi connectivity index (χ1v) is 9.12. The number of fused-ring (bicyclic) bond motifs is 1. The van der Waals surface area contributed by atoms with Crippen molar-refractivity contribution in [3.8, 4) is 11.3 Å². The number of rotatable bonds is 7. The highest BCUT2D eigenvalue weighted by molar-refractivity contribution is 6.03. The van der Waals surface area contributed by atoms with Gasteiger partial charge in [0.25, 0.3) is 0 Å². The van der Waals surface area contributed by atoms with Crippen LogP contribution >= 0.6 is 0 Å². The zero-order chi connectivity index (χ0) is 19.6. The van der Waals surface area contributed by atoms with E-state index < -0.39 is 5.97 Å². The van der Waals surface area contributed by atoms with E-state index in [1.807, 2.05) is 40.7 Å². The van der Waals surface area contributed by atoms with E-state index in [-0.39, 0.29) is 12.6 Å². The van der Waals surface area contributed by atoms with E-state index in [0.717, 1.165) is 17.1 Å². The number of pyridine rings is 1. The zero-order valence-corrected chi connectivity index (χ0v) is 16.4. The maximum Gasteiger partial charge on any atom is 0.339 e. The van der Waals surface area contributed by atoms with Crippen molar-refractivity contribution >= 4 is 17.0 Å². The van der Waals surface area contributed by atoms with E-state index in [4.69, 9.17) is 18.9 Å². The van der Waals surface area contributed by atoms with Gasteiger partial charge in [0.05, 0.1) is 29.4 Å². The number of furan rings is 1. The van der Waals surface area contributed by atoms with Crippen LogP contribution in [0.2, 0.25) is 0 Å². The molecule has 3 rings (SSSR count). The first-order chi connectivity index (χ1) is 12.9. The molecule has 0 unspecified atom stereocenters. The second-order valence-corrected chi connectivity index (χ2v) is 6.63. The number of hydrogen-bond donors (Lipinski definition) is 0. The van der Waals surface area contributed by atoms with Crippen LogP contribution in [0.4, 0.5) is 0 Å². The van der Waals surface area contributed by atoms with Gasteiger partial charge in [0.1, 0.15) is 18.1 Å². The summed E-state index contributed by atoms with van der Waals surface area (Å²) in [5.41, 5.74) is 2.61. The van der Waals surface area contributed by atoms with Crippen LogP contribution < -0.4 is 0 Å². The monoisotopic (exact) mass is 371 g/mol. The largest absolute Gasteiger partial charge is 0.466 e. The molecular formula is C20H25N3O4. The van der Waals surface area contributed by atoms with E-state index in [1.165, 1.54) is 0 Å². The van der Waals surface area contributed by atoms with Crippen LogP contribution in [0.5, 0.6) is 0 Å². The average Bonchev–Trinajstić information content (AvgIpc) is 3.20. The fraction of sp³-hybridized carbons (Fsp3) is 0.450. The van der Waals surface area contributed by atoms with Crippen molar-refractivity contribution in [2.45, 2.75) is 40.7 Å². The summed E-state index contributed by atoms with van der Waals surface area (Å²) >= 11 is 0. The molecule has 0 aromatic carbocycles. The average molecular weight is 371 g/mol. The van der Waals surface area contributed by atoms with Crippen LogP contribution in [0.25, 0.3) is 22.3 Å². The van der Waals surface area contributed by atoms with Crippen LogP contribution in [0, 0.1) is 13.8 Å². The lowest BCUT2D eigenvalue weighted by Gasteiger charge is -2.10. The number of carbonyl (C=O) groups is 1. The van der Waals surface area contributed by atoms with E-state index in [0.29, 0.717) is 35.5 Å². The molecule has 0 spiro atoms. The van der Waals surface area contributed by atoms with Crippen molar-refractivity contribution in [3.05, 3.63) is 35.4 Å². The molecule has 0 saturated carbocycles. The Hall–Kier alpha value is -2.67. The van der Waals surface area contributed by atoms with Gasteiger partial charge in [0.2, 0.25) is 0 Å². The number of aromatic nitrogens is 3. The summed E-state index contributed by atoms with van der Waals surface area (Å²) in [5, 5.41) is 5.08. The summed E-state index contributed by atoms with van der Waals surface area (Å²) in [6.07, 6.45) is 1.67. The second-order valence-electron chi connectivity index (χ2n) is 6.63. The van der Waals surface area contributed by atoms with Crippen molar-refractivity contribution < 1.29 is 18.7 Å². The van der Waals surface area contributed by atoms with Crippen LogP contribution in [0.1, 0.15) is 48.7 Å². The van der Waals surface area contributed by atoms with Gasteiger partial charge in [-0.1, -0.05) is 0 Å². The van der Waals surface area contributed by atoms with E-state index >= 15 is 0 Å². The Bertz CT molecular complexity index is 956. The molecule has 0 aliphatic rings. The minimum absolute atomic E-state index is 0.110. The summed E-state index contributed by atoms with van der Waals surface area (Å²) in [5.74, 6) is 1.14. The molecule has 3 heterocycles. The van der Waals surface area contributed by atoms with Gasteiger partial charge in [0.15, 0.2) is 5.65 Å². The number of ether oxygens (including phenoxy) is 2. The summed E-state index contributed by atoms with van der Waals surface area (Å²) in [6, 6.07) is 3.78. The van der Waals surface area contributed by atoms with Gasteiger partial charge in [-0.3, -0.25) is 0 Å². The number of hydrogen-bond acceptors (Lipinski definition) is 6. The Labute approximate surface area is 158 Å². The first kappa shape index (κ1) is 19.1. The van der Waals surface area contributed by atoms with Crippen molar-refractivity contribution in [1.29, 1.82) is 0 Å². The Morgan fingerprint density at radius 1 is 1.26 bits per heavy atom. The van der Waals surface area contributed by atoms with Gasteiger partial charge in [-0.05, 0) is 46.8 Å². The second kappa shape index (κ2) is 7.92. The third-order valence-electron chi connectivity index (χ3n) is 4.26. The fourth-order valence-electron chi connectivity index (χ4n) is 3.00. The van der Waals surface area contributed by atoms with Crippen molar-refractivity contribution in [2.75, 3.05) is 19.8 Å². The predicted octanol–water partition coefficient (Wildman–Crippen LogP) is 4.08. The third kappa shape index (κ3) is 3.88. The molecule has 0 atom stereocenters. The Kier molecular flexibility index (Phi) is 5.60. The molecule has 144 valence electrons. The van der Waals surface area contributed by atoms with Gasteiger partial charge >= 0.3 is 5.97 Å². The maximum atomic E-state index is 12.7. The molecule has 0 amide bonds. The molecule has 0 aliphatic heterocycles. The molecule has 0 aliphatic carbocycles. The third-order valence-corrected chi connectivity index (χ3v) is 4.26. The topological polar surface area (TPSA) is 79.4 Å². The summed E-state index contributed by atoms with van der Waals surface area (Å²) in [6.45, 7) is 10.9. The van der Waals surface area contributed by atoms with Crippen LogP contribution in [-0.4, -0.2) is 40.6 Å². The van der Waals surface area contributed by atoms with Crippen molar-refractivity contribution in [1.82, 2.24) is 14.8 Å². The van der Waals surface area contributed by atoms with E-state index in [2.05, 4.69) is 5.10 Å². The number of carbonyl (C=O) groups excluding carboxylic acids is 1. The Balaban J connectivity index is 2.08. The van der Waals surface area contributed by atoms with Gasteiger partial charge in [-0.25, -0.2) is 14.5 Å². The summed E-state index contributed by atoms with van der Waals surface area (Å²) in [4.78, 5) is 17.5. The number of nitrogens with zero attached hydrogens (tertiary/aromatic N) is 3. The van der Waals surface area contributed by atoms with E-state index in [9.17, 15) is 4.79 Å². The summed E-state index contributed by atoms with van der Waals surface area (Å²) in [7, 11) is 0. The highest BCUT2D eigenvalue weighted by Gasteiger charge is 2.21. The fourth-order valence-corrected chi connectivity index (χ4v) is 3.00. The van der Waals surface area contributed by atoms with Crippen molar-refractivity contribution in [3.63, 3.8) is 0 Å². The molecule has 7 nitrogen and oxygen atoms in total. The SMILES string of the molecule is CCOCCOC(=O)c1cc(-c2cc(C)oc2C)nc2c1cnn2C(C)C. The molecule has 0 fully saturated rings. The van der Waals surface area contributed by atoms with Gasteiger partial charge < -0.3 is 13.9 Å². The number of aryl methyl sites for hydroxylation is 2. The van der Waals surface area contributed by atoms with E-state index in [1.54, 1.807) is 16.9 Å². The lowest BCUT2D eigenvalue weighted by atomic mass is 10.1. The number of esters is 1. The molecule has 27 heavy (non-hydrogen) atoms. The lowest BCUT2D eigenvalue weighted by Crippen LogP contribution is -2.12. The molecule has 0 radical (unpaired) electrons. The molecule has 0 saturated heterocycles. The smallest absolute Gasteiger partial charge is 0.339 e. The van der Waals surface area contributed by atoms with Crippen molar-refractivity contribution in [2.24, 2.45) is 0 Å². The Morgan fingerprint density at radius 3 is 2.67 bits per heavy atom. The van der Waals surface area contributed by atoms with Crippen LogP contribution in [0.15, 0.2) is 22.7 Å². The highest BCUT2D eigenvalue weighted by Crippen LogP contribution is 2.30. The quantitative estimate of drug-likeness (QED) is 0.460. The minimum Gasteiger partial charge on any atom is -0.466 e. The lowest BCUT2D eigenvalue weighted by molar-refractivity contribution is 0.0337. The molecule has 7 heteroatoms. The molecule has 0 N–H and O–H groups in total. The molecule has 0 bridgehead atoms. The molecule has 3 aromatic rings. The summed E-state index contributed by atoms with van der Waals surface area (Å²) < 4.78 is 18.1. The first-order valence-electron chi connectivity index (χ1n) is 9.12. The molecule has 3 aromatic heterocycles. The minimum atomic E-state index is -0.412. The standard InChI is InChI=1S/C20H25N3O4/c1-6-25-7-8-26-20(24)16-10-18(15-9-13(4)27-14(15)5)22-19-17(16)11-21-23(19)12(2)3/h9-12H,6-8H2,1-5H3. The zero-order valence-electron chi connectivity index (χ0n) is 16.4. The Morgan fingerprint density at radius 2 is 2.04 bits per heavy atom. The van der Waals surface area contributed by atoms with Crippen LogP contribution in [-0.2, 0) is 9.47 Å². The maximum absolute atomic E-state index is 12.7. The van der Waals surface area contributed by atoms with Gasteiger partial charge in [-0.2, -0.15) is 5.10 Å². The van der Waals surface area contributed by atoms with Gasteiger partial charge in [-0.15, -0.1) is 0 Å².